The number of aliphatic hydroxyl groups is 2. The molecule has 6 atom stereocenters. The quantitative estimate of drug-likeness (QED) is 0.384. The number of hydrogen-bond donors (Lipinski definition) is 4. The van der Waals surface area contributed by atoms with E-state index >= 15 is 0 Å². The average molecular weight is 412 g/mol. The highest BCUT2D eigenvalue weighted by atomic mass is 16.5. The van der Waals surface area contributed by atoms with Crippen molar-refractivity contribution >= 4 is 11.9 Å². The Morgan fingerprint density at radius 1 is 1.10 bits per heavy atom. The fourth-order valence-electron chi connectivity index (χ4n) is 3.12. The standard InChI is InChI=1S/C21H32O8/c1-12(8-9-18(28-4)15-6-5-7-16(23)10-15)20(13(2)21(26)27)29-19(25)11-17(24)14(3)22/h5-7,10,12-14,17-18,20,22-24H,8-9,11H2,1-4H3,(H,26,27)/t12-,13-,14+,17+,18-,20+/m0/s1. The van der Waals surface area contributed by atoms with E-state index < -0.39 is 42.6 Å². The Morgan fingerprint density at radius 2 is 1.76 bits per heavy atom. The molecule has 1 aromatic rings. The number of aliphatic carboxylic acids is 1. The van der Waals surface area contributed by atoms with Crippen molar-refractivity contribution in [1.29, 1.82) is 0 Å². The highest BCUT2D eigenvalue weighted by molar-refractivity contribution is 5.73. The van der Waals surface area contributed by atoms with Crippen LogP contribution in [0.15, 0.2) is 24.3 Å². The van der Waals surface area contributed by atoms with Gasteiger partial charge in [0, 0.05) is 7.11 Å². The molecule has 0 amide bonds. The molecule has 0 aliphatic heterocycles. The molecule has 4 N–H and O–H groups in total. The molecule has 0 bridgehead atoms. The van der Waals surface area contributed by atoms with Crippen LogP contribution in [0, 0.1) is 11.8 Å². The van der Waals surface area contributed by atoms with Crippen molar-refractivity contribution in [3.8, 4) is 5.75 Å². The number of esters is 1. The summed E-state index contributed by atoms with van der Waals surface area (Å²) in [5.41, 5.74) is 0.791. The number of benzene rings is 1. The summed E-state index contributed by atoms with van der Waals surface area (Å²) in [5.74, 6) is -2.98. The Labute approximate surface area is 171 Å². The lowest BCUT2D eigenvalue weighted by atomic mass is 9.88. The van der Waals surface area contributed by atoms with Crippen molar-refractivity contribution in [3.05, 3.63) is 29.8 Å². The minimum Gasteiger partial charge on any atom is -0.508 e. The fourth-order valence-corrected chi connectivity index (χ4v) is 3.12. The van der Waals surface area contributed by atoms with Crippen LogP contribution in [0.1, 0.15) is 51.7 Å². The highest BCUT2D eigenvalue weighted by Gasteiger charge is 2.33. The molecule has 0 spiro atoms. The van der Waals surface area contributed by atoms with Gasteiger partial charge in [0.2, 0.25) is 0 Å². The topological polar surface area (TPSA) is 134 Å². The van der Waals surface area contributed by atoms with Crippen LogP contribution in [0.4, 0.5) is 0 Å². The maximum absolute atomic E-state index is 12.1. The Morgan fingerprint density at radius 3 is 2.28 bits per heavy atom. The van der Waals surface area contributed by atoms with Crippen LogP contribution in [0.25, 0.3) is 0 Å². The Bertz CT molecular complexity index is 660. The molecule has 0 unspecified atom stereocenters. The second kappa shape index (κ2) is 11.7. The molecule has 0 heterocycles. The summed E-state index contributed by atoms with van der Waals surface area (Å²) in [7, 11) is 1.55. The van der Waals surface area contributed by atoms with E-state index in [0.717, 1.165) is 5.56 Å². The molecule has 1 rings (SSSR count). The van der Waals surface area contributed by atoms with Crippen LogP contribution in [0.3, 0.4) is 0 Å². The van der Waals surface area contributed by atoms with E-state index in [1.807, 2.05) is 6.07 Å². The number of carbonyl (C=O) groups is 2. The van der Waals surface area contributed by atoms with Crippen LogP contribution in [-0.2, 0) is 19.1 Å². The molecule has 0 aliphatic carbocycles. The third-order valence-electron chi connectivity index (χ3n) is 5.05. The first kappa shape index (κ1) is 24.9. The van der Waals surface area contributed by atoms with Crippen LogP contribution >= 0.6 is 0 Å². The van der Waals surface area contributed by atoms with E-state index in [2.05, 4.69) is 0 Å². The van der Waals surface area contributed by atoms with Crippen LogP contribution in [0.2, 0.25) is 0 Å². The summed E-state index contributed by atoms with van der Waals surface area (Å²) in [6.07, 6.45) is -2.97. The molecule has 0 fully saturated rings. The number of methoxy groups -OCH3 is 1. The second-order valence-corrected chi connectivity index (χ2v) is 7.47. The normalized spacial score (nSPS) is 17.6. The summed E-state index contributed by atoms with van der Waals surface area (Å²) in [6.45, 7) is 4.60. The van der Waals surface area contributed by atoms with Gasteiger partial charge in [0.1, 0.15) is 11.9 Å². The first-order valence-electron chi connectivity index (χ1n) is 9.66. The third kappa shape index (κ3) is 8.00. The summed E-state index contributed by atoms with van der Waals surface area (Å²) in [4.78, 5) is 23.6. The van der Waals surface area contributed by atoms with E-state index in [1.54, 1.807) is 32.2 Å². The molecule has 29 heavy (non-hydrogen) atoms. The molecule has 8 heteroatoms. The van der Waals surface area contributed by atoms with Gasteiger partial charge in [-0.25, -0.2) is 0 Å². The second-order valence-electron chi connectivity index (χ2n) is 7.47. The molecule has 0 aliphatic rings. The molecule has 0 radical (unpaired) electrons. The lowest BCUT2D eigenvalue weighted by Gasteiger charge is -2.29. The van der Waals surface area contributed by atoms with Gasteiger partial charge >= 0.3 is 11.9 Å². The number of carboxylic acid groups (broad SMARTS) is 1. The van der Waals surface area contributed by atoms with Crippen molar-refractivity contribution in [2.24, 2.45) is 11.8 Å². The first-order chi connectivity index (χ1) is 13.6. The highest BCUT2D eigenvalue weighted by Crippen LogP contribution is 2.30. The molecule has 1 aromatic carbocycles. The summed E-state index contributed by atoms with van der Waals surface area (Å²) in [5, 5.41) is 38.0. The number of carboxylic acids is 1. The number of rotatable bonds is 12. The number of phenolic OH excluding ortho intramolecular Hbond substituents is 1. The van der Waals surface area contributed by atoms with Crippen molar-refractivity contribution in [2.75, 3.05) is 7.11 Å². The van der Waals surface area contributed by atoms with E-state index in [0.29, 0.717) is 12.8 Å². The van der Waals surface area contributed by atoms with Gasteiger partial charge in [-0.05, 0) is 50.3 Å². The minimum atomic E-state index is -1.28. The number of hydrogen-bond acceptors (Lipinski definition) is 7. The molecule has 8 nitrogen and oxygen atoms in total. The number of carbonyl (C=O) groups excluding carboxylic acids is 1. The maximum Gasteiger partial charge on any atom is 0.309 e. The lowest BCUT2D eigenvalue weighted by Crippen LogP contribution is -2.37. The van der Waals surface area contributed by atoms with E-state index in [9.17, 15) is 30.0 Å². The van der Waals surface area contributed by atoms with Gasteiger partial charge in [-0.3, -0.25) is 9.59 Å². The molecular weight excluding hydrogens is 380 g/mol. The molecular formula is C21H32O8. The lowest BCUT2D eigenvalue weighted by molar-refractivity contribution is -0.164. The van der Waals surface area contributed by atoms with Crippen molar-refractivity contribution in [3.63, 3.8) is 0 Å². The average Bonchev–Trinajstić information content (AvgIpc) is 2.65. The Hall–Kier alpha value is -2.16. The van der Waals surface area contributed by atoms with Gasteiger partial charge in [-0.15, -0.1) is 0 Å². The first-order valence-corrected chi connectivity index (χ1v) is 9.66. The van der Waals surface area contributed by atoms with E-state index in [1.165, 1.54) is 13.8 Å². The predicted molar refractivity (Wildman–Crippen MR) is 105 cm³/mol. The summed E-state index contributed by atoms with van der Waals surface area (Å²) < 4.78 is 10.9. The zero-order chi connectivity index (χ0) is 22.1. The van der Waals surface area contributed by atoms with Crippen molar-refractivity contribution < 1.29 is 39.5 Å². The van der Waals surface area contributed by atoms with Gasteiger partial charge in [0.05, 0.1) is 30.7 Å². The Kier molecular flexibility index (Phi) is 10.1. The van der Waals surface area contributed by atoms with Crippen LogP contribution in [-0.4, -0.2) is 57.8 Å². The van der Waals surface area contributed by atoms with Gasteiger partial charge in [0.25, 0.3) is 0 Å². The largest absolute Gasteiger partial charge is 0.508 e. The third-order valence-corrected chi connectivity index (χ3v) is 5.05. The zero-order valence-corrected chi connectivity index (χ0v) is 17.3. The van der Waals surface area contributed by atoms with Crippen molar-refractivity contribution in [1.82, 2.24) is 0 Å². The molecule has 0 aromatic heterocycles. The molecule has 0 saturated heterocycles. The van der Waals surface area contributed by atoms with Crippen LogP contribution < -0.4 is 0 Å². The number of phenols is 1. The molecule has 0 saturated carbocycles. The van der Waals surface area contributed by atoms with Crippen molar-refractivity contribution in [2.45, 2.75) is 64.4 Å². The van der Waals surface area contributed by atoms with E-state index in [4.69, 9.17) is 9.47 Å². The SMILES string of the molecule is CO[C@@H](CC[C@H](C)[C@@H](OC(=O)C[C@@H](O)[C@@H](C)O)[C@H](C)C(=O)O)c1cccc(O)c1. The predicted octanol–water partition coefficient (Wildman–Crippen LogP) is 2.26. The van der Waals surface area contributed by atoms with Gasteiger partial charge in [0.15, 0.2) is 0 Å². The maximum atomic E-state index is 12.1. The number of ether oxygens (including phenoxy) is 2. The smallest absolute Gasteiger partial charge is 0.309 e. The Balaban J connectivity index is 2.81. The minimum absolute atomic E-state index is 0.126. The van der Waals surface area contributed by atoms with Gasteiger partial charge in [-0.1, -0.05) is 19.1 Å². The van der Waals surface area contributed by atoms with Crippen LogP contribution in [0.5, 0.6) is 5.75 Å². The zero-order valence-electron chi connectivity index (χ0n) is 17.3. The van der Waals surface area contributed by atoms with E-state index in [-0.39, 0.29) is 17.8 Å². The summed E-state index contributed by atoms with van der Waals surface area (Å²) in [6, 6.07) is 6.70. The molecule has 164 valence electrons. The summed E-state index contributed by atoms with van der Waals surface area (Å²) >= 11 is 0. The van der Waals surface area contributed by atoms with Gasteiger partial charge in [-0.2, -0.15) is 0 Å². The fraction of sp³-hybridized carbons (Fsp3) is 0.619. The monoisotopic (exact) mass is 412 g/mol. The van der Waals surface area contributed by atoms with Gasteiger partial charge < -0.3 is 29.9 Å². The number of aromatic hydroxyl groups is 1. The number of aliphatic hydroxyl groups excluding tert-OH is 2.